The molecule has 0 aliphatic carbocycles. The molecule has 0 aliphatic heterocycles. The van der Waals surface area contributed by atoms with Crippen LogP contribution in [-0.2, 0) is 6.18 Å². The Bertz CT molecular complexity index is 831. The van der Waals surface area contributed by atoms with Crippen LogP contribution in [0.5, 0.6) is 5.75 Å². The fourth-order valence-corrected chi connectivity index (χ4v) is 2.63. The smallest absolute Gasteiger partial charge is 0.416 e. The van der Waals surface area contributed by atoms with Crippen LogP contribution in [0.15, 0.2) is 48.5 Å². The zero-order valence-corrected chi connectivity index (χ0v) is 13.3. The Morgan fingerprint density at radius 3 is 2.50 bits per heavy atom. The van der Waals surface area contributed by atoms with E-state index in [-0.39, 0.29) is 0 Å². The summed E-state index contributed by atoms with van der Waals surface area (Å²) in [6.07, 6.45) is -4.35. The van der Waals surface area contributed by atoms with Crippen LogP contribution in [0.25, 0.3) is 11.4 Å². The Morgan fingerprint density at radius 1 is 1.08 bits per heavy atom. The number of aromatic nitrogens is 2. The number of rotatable bonds is 4. The van der Waals surface area contributed by atoms with Crippen LogP contribution >= 0.6 is 11.5 Å². The molecular formula is C16H12F3N3OS. The van der Waals surface area contributed by atoms with E-state index < -0.39 is 11.7 Å². The second kappa shape index (κ2) is 6.48. The van der Waals surface area contributed by atoms with Gasteiger partial charge in [-0.2, -0.15) is 22.5 Å². The summed E-state index contributed by atoms with van der Waals surface area (Å²) in [5, 5.41) is 3.44. The monoisotopic (exact) mass is 351 g/mol. The number of halogens is 3. The molecule has 0 unspecified atom stereocenters. The zero-order chi connectivity index (χ0) is 17.2. The normalized spacial score (nSPS) is 11.3. The van der Waals surface area contributed by atoms with Gasteiger partial charge in [-0.05, 0) is 36.4 Å². The van der Waals surface area contributed by atoms with Crippen molar-refractivity contribution in [3.8, 4) is 17.1 Å². The van der Waals surface area contributed by atoms with Crippen molar-refractivity contribution in [3.05, 3.63) is 54.1 Å². The highest BCUT2D eigenvalue weighted by Crippen LogP contribution is 2.31. The Hall–Kier alpha value is -2.61. The molecule has 0 spiro atoms. The quantitative estimate of drug-likeness (QED) is 0.720. The second-order valence-corrected chi connectivity index (χ2v) is 5.61. The summed E-state index contributed by atoms with van der Waals surface area (Å²) in [5.41, 5.74) is 0.616. The molecule has 1 heterocycles. The number of hydrogen-bond donors (Lipinski definition) is 1. The highest BCUT2D eigenvalue weighted by molar-refractivity contribution is 7.09. The Morgan fingerprint density at radius 2 is 1.83 bits per heavy atom. The van der Waals surface area contributed by atoms with E-state index in [4.69, 9.17) is 4.74 Å². The molecular weight excluding hydrogens is 339 g/mol. The number of anilines is 2. The molecule has 4 nitrogen and oxygen atoms in total. The van der Waals surface area contributed by atoms with Crippen LogP contribution < -0.4 is 10.1 Å². The number of methoxy groups -OCH3 is 1. The predicted octanol–water partition coefficient (Wildman–Crippen LogP) is 4.98. The van der Waals surface area contributed by atoms with Gasteiger partial charge in [-0.3, -0.25) is 0 Å². The molecule has 0 saturated heterocycles. The molecule has 8 heteroatoms. The summed E-state index contributed by atoms with van der Waals surface area (Å²) in [6, 6.07) is 12.1. The van der Waals surface area contributed by atoms with E-state index in [2.05, 4.69) is 14.7 Å². The van der Waals surface area contributed by atoms with Crippen LogP contribution in [0, 0.1) is 0 Å². The van der Waals surface area contributed by atoms with Gasteiger partial charge in [0, 0.05) is 22.8 Å². The summed E-state index contributed by atoms with van der Waals surface area (Å²) in [6.45, 7) is 0. The molecule has 3 aromatic rings. The first-order valence-electron chi connectivity index (χ1n) is 6.88. The van der Waals surface area contributed by atoms with Gasteiger partial charge in [0.15, 0.2) is 5.82 Å². The number of nitrogens with one attached hydrogen (secondary N) is 1. The molecule has 1 aromatic heterocycles. The van der Waals surface area contributed by atoms with Gasteiger partial charge >= 0.3 is 6.18 Å². The van der Waals surface area contributed by atoms with Gasteiger partial charge in [-0.15, -0.1) is 0 Å². The zero-order valence-electron chi connectivity index (χ0n) is 12.5. The first-order chi connectivity index (χ1) is 11.5. The van der Waals surface area contributed by atoms with Crippen molar-refractivity contribution in [1.82, 2.24) is 9.36 Å². The standard InChI is InChI=1S/C16H12F3N3OS/c1-23-13-4-2-3-10(9-13)14-21-15(24-22-14)20-12-7-5-11(6-8-12)16(17,18)19/h2-9H,1H3,(H,20,21,22). The van der Waals surface area contributed by atoms with Crippen LogP contribution in [-0.4, -0.2) is 16.5 Å². The topological polar surface area (TPSA) is 47.0 Å². The van der Waals surface area contributed by atoms with E-state index >= 15 is 0 Å². The van der Waals surface area contributed by atoms with E-state index in [1.165, 1.54) is 12.1 Å². The molecule has 24 heavy (non-hydrogen) atoms. The van der Waals surface area contributed by atoms with Crippen molar-refractivity contribution < 1.29 is 17.9 Å². The van der Waals surface area contributed by atoms with Crippen molar-refractivity contribution in [1.29, 1.82) is 0 Å². The average molecular weight is 351 g/mol. The molecule has 1 N–H and O–H groups in total. The Kier molecular flexibility index (Phi) is 4.39. The fraction of sp³-hybridized carbons (Fsp3) is 0.125. The SMILES string of the molecule is COc1cccc(-c2nsc(Nc3ccc(C(F)(F)F)cc3)n2)c1. The molecule has 0 saturated carbocycles. The van der Waals surface area contributed by atoms with Crippen LogP contribution in [0.3, 0.4) is 0 Å². The minimum atomic E-state index is -4.35. The number of ether oxygens (including phenoxy) is 1. The number of alkyl halides is 3. The van der Waals surface area contributed by atoms with E-state index in [1.54, 1.807) is 7.11 Å². The minimum Gasteiger partial charge on any atom is -0.497 e. The highest BCUT2D eigenvalue weighted by atomic mass is 32.1. The number of nitrogens with zero attached hydrogens (tertiary/aromatic N) is 2. The Balaban J connectivity index is 1.76. The van der Waals surface area contributed by atoms with E-state index in [1.807, 2.05) is 24.3 Å². The molecule has 0 fully saturated rings. The van der Waals surface area contributed by atoms with Gasteiger partial charge in [0.25, 0.3) is 0 Å². The maximum Gasteiger partial charge on any atom is 0.416 e. The van der Waals surface area contributed by atoms with Gasteiger partial charge in [-0.25, -0.2) is 0 Å². The maximum atomic E-state index is 12.5. The summed E-state index contributed by atoms with van der Waals surface area (Å²) in [7, 11) is 1.57. The highest BCUT2D eigenvalue weighted by Gasteiger charge is 2.29. The van der Waals surface area contributed by atoms with Crippen LogP contribution in [0.2, 0.25) is 0 Å². The Labute approximate surface area is 140 Å². The fourth-order valence-electron chi connectivity index (χ4n) is 2.02. The van der Waals surface area contributed by atoms with Crippen molar-refractivity contribution in [3.63, 3.8) is 0 Å². The molecule has 0 atom stereocenters. The summed E-state index contributed by atoms with van der Waals surface area (Å²) >= 11 is 1.13. The van der Waals surface area contributed by atoms with Gasteiger partial charge in [0.05, 0.1) is 12.7 Å². The van der Waals surface area contributed by atoms with E-state index in [0.717, 1.165) is 29.2 Å². The number of benzene rings is 2. The van der Waals surface area contributed by atoms with Crippen LogP contribution in [0.1, 0.15) is 5.56 Å². The lowest BCUT2D eigenvalue weighted by Gasteiger charge is -2.07. The second-order valence-electron chi connectivity index (χ2n) is 4.86. The van der Waals surface area contributed by atoms with Gasteiger partial charge in [0.1, 0.15) is 5.75 Å². The lowest BCUT2D eigenvalue weighted by Crippen LogP contribution is -2.04. The molecule has 124 valence electrons. The van der Waals surface area contributed by atoms with E-state index in [9.17, 15) is 13.2 Å². The van der Waals surface area contributed by atoms with E-state index in [0.29, 0.717) is 22.4 Å². The lowest BCUT2D eigenvalue weighted by atomic mass is 10.2. The minimum absolute atomic E-state index is 0.493. The van der Waals surface area contributed by atoms with Crippen molar-refractivity contribution in [2.75, 3.05) is 12.4 Å². The van der Waals surface area contributed by atoms with Crippen molar-refractivity contribution >= 4 is 22.4 Å². The maximum absolute atomic E-state index is 12.5. The molecule has 0 aliphatic rings. The van der Waals surface area contributed by atoms with Crippen molar-refractivity contribution in [2.45, 2.75) is 6.18 Å². The first kappa shape index (κ1) is 16.3. The largest absolute Gasteiger partial charge is 0.497 e. The third kappa shape index (κ3) is 3.65. The summed E-state index contributed by atoms with van der Waals surface area (Å²) in [4.78, 5) is 4.34. The average Bonchev–Trinajstić information content (AvgIpc) is 3.03. The first-order valence-corrected chi connectivity index (χ1v) is 7.65. The molecule has 0 amide bonds. The summed E-state index contributed by atoms with van der Waals surface area (Å²) < 4.78 is 47.1. The van der Waals surface area contributed by atoms with Crippen LogP contribution in [0.4, 0.5) is 24.0 Å². The molecule has 2 aromatic carbocycles. The third-order valence-electron chi connectivity index (χ3n) is 3.22. The summed E-state index contributed by atoms with van der Waals surface area (Å²) in [5.74, 6) is 1.22. The lowest BCUT2D eigenvalue weighted by molar-refractivity contribution is -0.137. The molecule has 3 rings (SSSR count). The third-order valence-corrected chi connectivity index (χ3v) is 3.85. The molecule has 0 bridgehead atoms. The van der Waals surface area contributed by atoms with Gasteiger partial charge in [-0.1, -0.05) is 12.1 Å². The number of hydrogen-bond acceptors (Lipinski definition) is 5. The predicted molar refractivity (Wildman–Crippen MR) is 86.6 cm³/mol. The molecule has 0 radical (unpaired) electrons. The van der Waals surface area contributed by atoms with Gasteiger partial charge in [0.2, 0.25) is 5.13 Å². The van der Waals surface area contributed by atoms with Gasteiger partial charge < -0.3 is 10.1 Å². The van der Waals surface area contributed by atoms with Crippen molar-refractivity contribution in [2.24, 2.45) is 0 Å².